The van der Waals surface area contributed by atoms with Gasteiger partial charge >= 0.3 is 0 Å². The van der Waals surface area contributed by atoms with Gasteiger partial charge in [0, 0.05) is 0 Å². The predicted octanol–water partition coefficient (Wildman–Crippen LogP) is 2.29. The Labute approximate surface area is 176 Å². The Kier molecular flexibility index (Phi) is 14.1. The molecule has 0 aromatic rings. The van der Waals surface area contributed by atoms with Crippen LogP contribution in [0, 0.1) is 0 Å². The second kappa shape index (κ2) is 16.4. The molecule has 0 aromatic carbocycles. The number of aliphatic hydroxyl groups excluding tert-OH is 1. The van der Waals surface area contributed by atoms with Crippen LogP contribution in [0.15, 0.2) is 0 Å². The number of hydrogen-bond donors (Lipinski definition) is 2. The molecule has 0 aliphatic carbocycles. The van der Waals surface area contributed by atoms with Crippen molar-refractivity contribution in [2.24, 2.45) is 0 Å². The highest BCUT2D eigenvalue weighted by molar-refractivity contribution is 4.98. The number of unbranched alkanes of at least 4 members (excludes halogenated alkanes) is 7. The van der Waals surface area contributed by atoms with Crippen LogP contribution in [0.2, 0.25) is 0 Å². The van der Waals surface area contributed by atoms with E-state index in [1.807, 2.05) is 0 Å². The molecule has 2 heterocycles. The minimum absolute atomic E-state index is 0.0100. The van der Waals surface area contributed by atoms with E-state index in [-0.39, 0.29) is 31.0 Å². The highest BCUT2D eigenvalue weighted by atomic mass is 16.6. The van der Waals surface area contributed by atoms with E-state index in [2.05, 4.69) is 12.2 Å². The second-order valence-corrected chi connectivity index (χ2v) is 7.99. The maximum atomic E-state index is 8.62. The molecule has 0 spiro atoms. The van der Waals surface area contributed by atoms with Gasteiger partial charge in [-0.25, -0.2) is 0 Å². The summed E-state index contributed by atoms with van der Waals surface area (Å²) in [6.45, 7) is 7.04. The topological polar surface area (TPSA) is 78.4 Å². The molecule has 0 radical (unpaired) electrons. The normalized spacial score (nSPS) is 26.3. The summed E-state index contributed by atoms with van der Waals surface area (Å²) in [5.41, 5.74) is 0. The van der Waals surface area contributed by atoms with Gasteiger partial charge in [0.2, 0.25) is 0 Å². The quantitative estimate of drug-likeness (QED) is 0.312. The smallest absolute Gasteiger partial charge is 0.114 e. The fourth-order valence-electron chi connectivity index (χ4n) is 3.97. The Morgan fingerprint density at radius 2 is 1.45 bits per heavy atom. The lowest BCUT2D eigenvalue weighted by molar-refractivity contribution is -0.0550. The van der Waals surface area contributed by atoms with E-state index in [0.29, 0.717) is 46.2 Å². The van der Waals surface area contributed by atoms with Crippen LogP contribution in [0.4, 0.5) is 0 Å². The zero-order valence-corrected chi connectivity index (χ0v) is 18.3. The highest BCUT2D eigenvalue weighted by Crippen LogP contribution is 2.28. The minimum Gasteiger partial charge on any atom is -0.394 e. The first-order valence-electron chi connectivity index (χ1n) is 11.7. The summed E-state index contributed by atoms with van der Waals surface area (Å²) >= 11 is 0. The van der Waals surface area contributed by atoms with E-state index >= 15 is 0 Å². The van der Waals surface area contributed by atoms with Crippen molar-refractivity contribution >= 4 is 0 Å². The Bertz CT molecular complexity index is 386. The summed E-state index contributed by atoms with van der Waals surface area (Å²) in [4.78, 5) is 0. The van der Waals surface area contributed by atoms with Crippen molar-refractivity contribution in [1.82, 2.24) is 5.32 Å². The molecular weight excluding hydrogens is 374 g/mol. The number of fused-ring (bicyclic) bond motifs is 1. The van der Waals surface area contributed by atoms with E-state index in [4.69, 9.17) is 28.8 Å². The Morgan fingerprint density at radius 1 is 0.793 bits per heavy atom. The molecule has 0 aromatic heterocycles. The van der Waals surface area contributed by atoms with E-state index in [9.17, 15) is 0 Å². The first-order valence-corrected chi connectivity index (χ1v) is 11.7. The van der Waals surface area contributed by atoms with Gasteiger partial charge in [0.05, 0.1) is 58.9 Å². The third-order valence-electron chi connectivity index (χ3n) is 5.61. The summed E-state index contributed by atoms with van der Waals surface area (Å²) in [5, 5.41) is 12.2. The van der Waals surface area contributed by atoms with Crippen molar-refractivity contribution in [3.63, 3.8) is 0 Å². The van der Waals surface area contributed by atoms with E-state index in [0.717, 1.165) is 6.54 Å². The SMILES string of the molecule is CCCCCCCCCCN[C@H]1CO[C@@H]2[C@@H]1OC[C@@H]2OCCOCCOCCO. The van der Waals surface area contributed by atoms with Crippen molar-refractivity contribution in [2.75, 3.05) is 59.4 Å². The summed E-state index contributed by atoms with van der Waals surface area (Å²) in [6.07, 6.45) is 10.8. The van der Waals surface area contributed by atoms with Gasteiger partial charge in [0.25, 0.3) is 0 Å². The fraction of sp³-hybridized carbons (Fsp3) is 1.00. The van der Waals surface area contributed by atoms with Crippen molar-refractivity contribution < 1.29 is 28.8 Å². The fourth-order valence-corrected chi connectivity index (χ4v) is 3.97. The van der Waals surface area contributed by atoms with Crippen LogP contribution in [0.1, 0.15) is 58.3 Å². The van der Waals surface area contributed by atoms with Gasteiger partial charge in [-0.1, -0.05) is 51.9 Å². The molecule has 2 aliphatic heterocycles. The summed E-state index contributed by atoms with van der Waals surface area (Å²) in [5.74, 6) is 0. The minimum atomic E-state index is -0.0100. The van der Waals surface area contributed by atoms with Gasteiger partial charge in [-0.05, 0) is 13.0 Å². The average Bonchev–Trinajstić information content (AvgIpc) is 3.32. The van der Waals surface area contributed by atoms with Crippen LogP contribution in [0.3, 0.4) is 0 Å². The van der Waals surface area contributed by atoms with Crippen LogP contribution >= 0.6 is 0 Å². The maximum Gasteiger partial charge on any atom is 0.114 e. The summed E-state index contributed by atoms with van der Waals surface area (Å²) in [7, 11) is 0. The van der Waals surface area contributed by atoms with Crippen LogP contribution in [0.25, 0.3) is 0 Å². The molecule has 29 heavy (non-hydrogen) atoms. The first kappa shape index (κ1) is 25.0. The van der Waals surface area contributed by atoms with E-state index < -0.39 is 0 Å². The molecule has 0 unspecified atom stereocenters. The van der Waals surface area contributed by atoms with Gasteiger partial charge in [0.1, 0.15) is 18.3 Å². The molecule has 7 nitrogen and oxygen atoms in total. The molecule has 0 bridgehead atoms. The molecule has 2 aliphatic rings. The molecule has 7 heteroatoms. The monoisotopic (exact) mass is 417 g/mol. The number of ether oxygens (including phenoxy) is 5. The lowest BCUT2D eigenvalue weighted by Crippen LogP contribution is -2.41. The number of hydrogen-bond acceptors (Lipinski definition) is 7. The summed E-state index contributed by atoms with van der Waals surface area (Å²) in [6, 6.07) is 0.276. The standard InChI is InChI=1S/C22H43NO6/c1-2-3-4-5-6-7-8-9-10-23-19-17-28-22-20(18-29-21(19)22)27-16-15-26-14-13-25-12-11-24/h19-24H,2-18H2,1H3/t19-,20-,21+,22-/m0/s1. The third-order valence-corrected chi connectivity index (χ3v) is 5.61. The Hall–Kier alpha value is -0.280. The van der Waals surface area contributed by atoms with Crippen LogP contribution in [-0.4, -0.2) is 88.9 Å². The van der Waals surface area contributed by atoms with Crippen molar-refractivity contribution in [1.29, 1.82) is 0 Å². The van der Waals surface area contributed by atoms with Crippen molar-refractivity contribution in [3.8, 4) is 0 Å². The zero-order valence-electron chi connectivity index (χ0n) is 18.3. The van der Waals surface area contributed by atoms with Gasteiger partial charge in [0.15, 0.2) is 0 Å². The van der Waals surface area contributed by atoms with Gasteiger partial charge in [-0.3, -0.25) is 0 Å². The molecule has 172 valence electrons. The predicted molar refractivity (Wildman–Crippen MR) is 112 cm³/mol. The molecular formula is C22H43NO6. The molecule has 2 rings (SSSR count). The Balaban J connectivity index is 1.45. The van der Waals surface area contributed by atoms with Crippen molar-refractivity contribution in [3.05, 3.63) is 0 Å². The number of nitrogens with one attached hydrogen (secondary N) is 1. The number of aliphatic hydroxyl groups is 1. The summed E-state index contributed by atoms with van der Waals surface area (Å²) < 4.78 is 28.4. The van der Waals surface area contributed by atoms with Crippen molar-refractivity contribution in [2.45, 2.75) is 82.6 Å². The average molecular weight is 418 g/mol. The lowest BCUT2D eigenvalue weighted by Gasteiger charge is -2.18. The van der Waals surface area contributed by atoms with Gasteiger partial charge in [-0.15, -0.1) is 0 Å². The van der Waals surface area contributed by atoms with Crippen LogP contribution in [-0.2, 0) is 23.7 Å². The molecule has 2 N–H and O–H groups in total. The highest BCUT2D eigenvalue weighted by Gasteiger charge is 2.47. The van der Waals surface area contributed by atoms with E-state index in [1.54, 1.807) is 0 Å². The zero-order chi connectivity index (χ0) is 20.6. The molecule has 2 fully saturated rings. The number of rotatable bonds is 19. The largest absolute Gasteiger partial charge is 0.394 e. The van der Waals surface area contributed by atoms with Gasteiger partial charge < -0.3 is 34.1 Å². The second-order valence-electron chi connectivity index (χ2n) is 7.99. The Morgan fingerprint density at radius 3 is 2.21 bits per heavy atom. The molecule has 0 amide bonds. The van der Waals surface area contributed by atoms with Crippen LogP contribution < -0.4 is 5.32 Å². The maximum absolute atomic E-state index is 8.62. The van der Waals surface area contributed by atoms with Crippen LogP contribution in [0.5, 0.6) is 0 Å². The van der Waals surface area contributed by atoms with E-state index in [1.165, 1.54) is 51.4 Å². The lowest BCUT2D eigenvalue weighted by atomic mass is 10.1. The van der Waals surface area contributed by atoms with Gasteiger partial charge in [-0.2, -0.15) is 0 Å². The molecule has 0 saturated carbocycles. The molecule has 2 saturated heterocycles. The third kappa shape index (κ3) is 10.0. The first-order chi connectivity index (χ1) is 14.4. The molecule has 4 atom stereocenters.